The first-order valence-electron chi connectivity index (χ1n) is 5.30. The van der Waals surface area contributed by atoms with E-state index in [0.717, 1.165) is 0 Å². The molecule has 0 radical (unpaired) electrons. The third-order valence-electron chi connectivity index (χ3n) is 2.40. The second kappa shape index (κ2) is 5.02. The van der Waals surface area contributed by atoms with E-state index in [1.54, 1.807) is 36.4 Å². The SMILES string of the molecule is N#Cc1cccc(NC(=O)c2ccccc2O)c1. The smallest absolute Gasteiger partial charge is 0.259 e. The number of phenols is 1. The Bertz CT molecular complexity index is 630. The van der Waals surface area contributed by atoms with Crippen molar-refractivity contribution in [1.29, 1.82) is 5.26 Å². The molecule has 1 amide bonds. The van der Waals surface area contributed by atoms with Gasteiger partial charge < -0.3 is 10.4 Å². The second-order valence-corrected chi connectivity index (χ2v) is 3.66. The van der Waals surface area contributed by atoms with Gasteiger partial charge in [-0.15, -0.1) is 0 Å². The number of amides is 1. The van der Waals surface area contributed by atoms with E-state index in [-0.39, 0.29) is 11.3 Å². The van der Waals surface area contributed by atoms with Crippen LogP contribution in [-0.2, 0) is 0 Å². The zero-order chi connectivity index (χ0) is 13.0. The summed E-state index contributed by atoms with van der Waals surface area (Å²) in [5.74, 6) is -0.491. The van der Waals surface area contributed by atoms with E-state index in [1.807, 2.05) is 6.07 Å². The largest absolute Gasteiger partial charge is 0.507 e. The average Bonchev–Trinajstić information content (AvgIpc) is 2.39. The molecule has 2 aromatic rings. The number of hydrogen-bond acceptors (Lipinski definition) is 3. The highest BCUT2D eigenvalue weighted by Crippen LogP contribution is 2.18. The summed E-state index contributed by atoms with van der Waals surface area (Å²) in [7, 11) is 0. The van der Waals surface area contributed by atoms with Gasteiger partial charge in [-0.2, -0.15) is 5.26 Å². The maximum atomic E-state index is 11.9. The van der Waals surface area contributed by atoms with Gasteiger partial charge in [0.05, 0.1) is 17.2 Å². The van der Waals surface area contributed by atoms with E-state index in [0.29, 0.717) is 11.3 Å². The predicted octanol–water partition coefficient (Wildman–Crippen LogP) is 2.52. The summed E-state index contributed by atoms with van der Waals surface area (Å²) in [6.45, 7) is 0. The number of hydrogen-bond donors (Lipinski definition) is 2. The summed E-state index contributed by atoms with van der Waals surface area (Å²) in [6.07, 6.45) is 0. The molecule has 0 fully saturated rings. The molecule has 88 valence electrons. The zero-order valence-electron chi connectivity index (χ0n) is 9.42. The van der Waals surface area contributed by atoms with Gasteiger partial charge in [-0.05, 0) is 30.3 Å². The molecule has 0 atom stereocenters. The van der Waals surface area contributed by atoms with E-state index < -0.39 is 5.91 Å². The van der Waals surface area contributed by atoms with Crippen LogP contribution in [0.4, 0.5) is 5.69 Å². The van der Waals surface area contributed by atoms with Crippen molar-refractivity contribution in [2.75, 3.05) is 5.32 Å². The first-order chi connectivity index (χ1) is 8.70. The standard InChI is InChI=1S/C14H10N2O2/c15-9-10-4-3-5-11(8-10)16-14(18)12-6-1-2-7-13(12)17/h1-8,17H,(H,16,18). The lowest BCUT2D eigenvalue weighted by atomic mass is 10.1. The van der Waals surface area contributed by atoms with Gasteiger partial charge >= 0.3 is 0 Å². The van der Waals surface area contributed by atoms with Crippen LogP contribution in [-0.4, -0.2) is 11.0 Å². The summed E-state index contributed by atoms with van der Waals surface area (Å²) < 4.78 is 0. The van der Waals surface area contributed by atoms with Gasteiger partial charge in [0.1, 0.15) is 5.75 Å². The zero-order valence-corrected chi connectivity index (χ0v) is 9.42. The molecule has 0 aromatic heterocycles. The van der Waals surface area contributed by atoms with Gasteiger partial charge in [-0.3, -0.25) is 4.79 Å². The monoisotopic (exact) mass is 238 g/mol. The molecule has 0 unspecified atom stereocenters. The number of nitrogens with one attached hydrogen (secondary N) is 1. The first-order valence-corrected chi connectivity index (χ1v) is 5.30. The van der Waals surface area contributed by atoms with Gasteiger partial charge in [0.25, 0.3) is 5.91 Å². The van der Waals surface area contributed by atoms with Gasteiger partial charge in [0.2, 0.25) is 0 Å². The average molecular weight is 238 g/mol. The number of carbonyl (C=O) groups is 1. The summed E-state index contributed by atoms with van der Waals surface area (Å²) >= 11 is 0. The highest BCUT2D eigenvalue weighted by atomic mass is 16.3. The van der Waals surface area contributed by atoms with Crippen LogP contribution in [0.3, 0.4) is 0 Å². The molecular weight excluding hydrogens is 228 g/mol. The van der Waals surface area contributed by atoms with Crippen molar-refractivity contribution < 1.29 is 9.90 Å². The molecule has 0 heterocycles. The minimum Gasteiger partial charge on any atom is -0.507 e. The van der Waals surface area contributed by atoms with Crippen LogP contribution in [0.2, 0.25) is 0 Å². The highest BCUT2D eigenvalue weighted by molar-refractivity contribution is 6.06. The Morgan fingerprint density at radius 2 is 1.94 bits per heavy atom. The lowest BCUT2D eigenvalue weighted by Crippen LogP contribution is -2.11. The van der Waals surface area contributed by atoms with Crippen molar-refractivity contribution in [2.45, 2.75) is 0 Å². The fourth-order valence-electron chi connectivity index (χ4n) is 1.53. The number of para-hydroxylation sites is 1. The maximum absolute atomic E-state index is 11.9. The van der Waals surface area contributed by atoms with Gasteiger partial charge in [-0.25, -0.2) is 0 Å². The lowest BCUT2D eigenvalue weighted by molar-refractivity contribution is 0.102. The molecule has 0 aliphatic heterocycles. The molecule has 0 saturated carbocycles. The van der Waals surface area contributed by atoms with Crippen LogP contribution in [0, 0.1) is 11.3 Å². The number of nitrogens with zero attached hydrogens (tertiary/aromatic N) is 1. The first kappa shape index (κ1) is 11.7. The maximum Gasteiger partial charge on any atom is 0.259 e. The Hall–Kier alpha value is -2.80. The lowest BCUT2D eigenvalue weighted by Gasteiger charge is -2.06. The molecule has 0 aliphatic rings. The second-order valence-electron chi connectivity index (χ2n) is 3.66. The summed E-state index contributed by atoms with van der Waals surface area (Å²) in [4.78, 5) is 11.9. The number of phenolic OH excluding ortho intramolecular Hbond substituents is 1. The van der Waals surface area contributed by atoms with Crippen LogP contribution in [0.5, 0.6) is 5.75 Å². The van der Waals surface area contributed by atoms with Crippen molar-refractivity contribution in [1.82, 2.24) is 0 Å². The molecule has 0 spiro atoms. The van der Waals surface area contributed by atoms with Crippen LogP contribution in [0.25, 0.3) is 0 Å². The normalized spacial score (nSPS) is 9.50. The Labute approximate surface area is 104 Å². The molecule has 4 heteroatoms. The van der Waals surface area contributed by atoms with E-state index in [9.17, 15) is 9.90 Å². The molecule has 0 bridgehead atoms. The van der Waals surface area contributed by atoms with Crippen LogP contribution < -0.4 is 5.32 Å². The van der Waals surface area contributed by atoms with Crippen LogP contribution in [0.1, 0.15) is 15.9 Å². The van der Waals surface area contributed by atoms with Crippen molar-refractivity contribution >= 4 is 11.6 Å². The number of aromatic hydroxyl groups is 1. The summed E-state index contributed by atoms with van der Waals surface area (Å²) in [5, 5.41) is 20.9. The molecule has 2 N–H and O–H groups in total. The summed E-state index contributed by atoms with van der Waals surface area (Å²) in [5.41, 5.74) is 1.17. The van der Waals surface area contributed by atoms with Crippen LogP contribution in [0.15, 0.2) is 48.5 Å². The van der Waals surface area contributed by atoms with Gasteiger partial charge in [0.15, 0.2) is 0 Å². The fraction of sp³-hybridized carbons (Fsp3) is 0. The van der Waals surface area contributed by atoms with Gasteiger partial charge in [-0.1, -0.05) is 18.2 Å². The Morgan fingerprint density at radius 1 is 1.17 bits per heavy atom. The third-order valence-corrected chi connectivity index (χ3v) is 2.40. The number of anilines is 1. The van der Waals surface area contributed by atoms with E-state index in [4.69, 9.17) is 5.26 Å². The van der Waals surface area contributed by atoms with Crippen LogP contribution >= 0.6 is 0 Å². The number of carbonyl (C=O) groups excluding carboxylic acids is 1. The molecule has 4 nitrogen and oxygen atoms in total. The molecule has 0 aliphatic carbocycles. The molecule has 18 heavy (non-hydrogen) atoms. The van der Waals surface area contributed by atoms with Crippen molar-refractivity contribution in [3.63, 3.8) is 0 Å². The topological polar surface area (TPSA) is 73.1 Å². The Balaban J connectivity index is 2.22. The number of nitriles is 1. The Morgan fingerprint density at radius 3 is 2.67 bits per heavy atom. The minimum absolute atomic E-state index is 0.0774. The van der Waals surface area contributed by atoms with Crippen molar-refractivity contribution in [3.05, 3.63) is 59.7 Å². The third kappa shape index (κ3) is 2.47. The molecule has 0 saturated heterocycles. The highest BCUT2D eigenvalue weighted by Gasteiger charge is 2.10. The molecular formula is C14H10N2O2. The number of benzene rings is 2. The minimum atomic E-state index is -0.414. The van der Waals surface area contributed by atoms with E-state index in [2.05, 4.69) is 5.32 Å². The molecule has 2 aromatic carbocycles. The van der Waals surface area contributed by atoms with E-state index in [1.165, 1.54) is 12.1 Å². The quantitative estimate of drug-likeness (QED) is 0.844. The molecule has 2 rings (SSSR count). The number of rotatable bonds is 2. The predicted molar refractivity (Wildman–Crippen MR) is 67.2 cm³/mol. The van der Waals surface area contributed by atoms with E-state index >= 15 is 0 Å². The van der Waals surface area contributed by atoms with Crippen molar-refractivity contribution in [3.8, 4) is 11.8 Å². The fourth-order valence-corrected chi connectivity index (χ4v) is 1.53. The van der Waals surface area contributed by atoms with Crippen molar-refractivity contribution in [2.24, 2.45) is 0 Å². The van der Waals surface area contributed by atoms with Gasteiger partial charge in [0, 0.05) is 5.69 Å². The summed E-state index contributed by atoms with van der Waals surface area (Å²) in [6, 6.07) is 14.8. The Kier molecular flexibility index (Phi) is 3.26.